The summed E-state index contributed by atoms with van der Waals surface area (Å²) in [7, 11) is 3.23. The number of nitrogens with zero attached hydrogens (tertiary/aromatic N) is 2. The van der Waals surface area contributed by atoms with Crippen molar-refractivity contribution in [2.24, 2.45) is 15.7 Å². The average molecular weight is 221 g/mol. The van der Waals surface area contributed by atoms with E-state index in [1.54, 1.807) is 20.2 Å². The van der Waals surface area contributed by atoms with Gasteiger partial charge in [-0.25, -0.2) is 0 Å². The molecule has 2 N–H and O–H groups in total. The molecule has 0 saturated heterocycles. The molecule has 0 aromatic heterocycles. The third-order valence-electron chi connectivity index (χ3n) is 2.03. The topological polar surface area (TPSA) is 60.0 Å². The highest BCUT2D eigenvalue weighted by Gasteiger charge is 2.08. The third kappa shape index (κ3) is 3.73. The van der Waals surface area contributed by atoms with Crippen molar-refractivity contribution in [3.63, 3.8) is 0 Å². The van der Waals surface area contributed by atoms with Crippen molar-refractivity contribution < 1.29 is 4.74 Å². The quantitative estimate of drug-likeness (QED) is 0.334. The predicted molar refractivity (Wildman–Crippen MR) is 69.7 cm³/mol. The Kier molecular flexibility index (Phi) is 6.59. The zero-order valence-electron chi connectivity index (χ0n) is 10.3. The minimum absolute atomic E-state index is 0.397. The maximum atomic E-state index is 5.62. The first-order chi connectivity index (χ1) is 7.64. The summed E-state index contributed by atoms with van der Waals surface area (Å²) in [4.78, 5) is 7.77. The van der Waals surface area contributed by atoms with E-state index in [1.807, 2.05) is 26.0 Å². The average Bonchev–Trinajstić information content (AvgIpc) is 2.33. The van der Waals surface area contributed by atoms with Gasteiger partial charge in [0.2, 0.25) is 0 Å². The number of hydrogen-bond donors (Lipinski definition) is 1. The Hall–Kier alpha value is -1.84. The zero-order chi connectivity index (χ0) is 12.6. The lowest BCUT2D eigenvalue weighted by Crippen LogP contribution is -2.09. The molecular formula is C12H19N3O. The van der Waals surface area contributed by atoms with E-state index in [1.165, 1.54) is 0 Å². The maximum absolute atomic E-state index is 5.62. The molecule has 4 heteroatoms. The van der Waals surface area contributed by atoms with Gasteiger partial charge in [-0.2, -0.15) is 0 Å². The van der Waals surface area contributed by atoms with Crippen LogP contribution >= 0.6 is 0 Å². The fraction of sp³-hybridized carbons (Fsp3) is 0.333. The van der Waals surface area contributed by atoms with Crippen molar-refractivity contribution in [3.8, 4) is 0 Å². The van der Waals surface area contributed by atoms with Crippen LogP contribution in [0.3, 0.4) is 0 Å². The first-order valence-corrected chi connectivity index (χ1v) is 4.92. The summed E-state index contributed by atoms with van der Waals surface area (Å²) in [5.74, 6) is 1.12. The number of ether oxygens (including phenoxy) is 1. The summed E-state index contributed by atoms with van der Waals surface area (Å²) in [6, 6.07) is 0. The largest absolute Gasteiger partial charge is 0.496 e. The number of rotatable bonds is 5. The van der Waals surface area contributed by atoms with Gasteiger partial charge in [0.05, 0.1) is 12.8 Å². The molecule has 88 valence electrons. The highest BCUT2D eigenvalue weighted by molar-refractivity contribution is 5.92. The van der Waals surface area contributed by atoms with E-state index < -0.39 is 0 Å². The molecule has 0 aromatic carbocycles. The lowest BCUT2D eigenvalue weighted by Gasteiger charge is -2.10. The number of amidine groups is 1. The predicted octanol–water partition coefficient (Wildman–Crippen LogP) is 2.05. The monoisotopic (exact) mass is 221 g/mol. The molecule has 0 heterocycles. The summed E-state index contributed by atoms with van der Waals surface area (Å²) in [6.45, 7) is 7.30. The van der Waals surface area contributed by atoms with Gasteiger partial charge in [0.25, 0.3) is 0 Å². The molecular weight excluding hydrogens is 202 g/mol. The Morgan fingerprint density at radius 2 is 1.94 bits per heavy atom. The fourth-order valence-corrected chi connectivity index (χ4v) is 1.21. The second-order valence-corrected chi connectivity index (χ2v) is 2.90. The van der Waals surface area contributed by atoms with Gasteiger partial charge in [-0.3, -0.25) is 9.98 Å². The van der Waals surface area contributed by atoms with Gasteiger partial charge in [0.1, 0.15) is 11.6 Å². The lowest BCUT2D eigenvalue weighted by atomic mass is 10.1. The van der Waals surface area contributed by atoms with Crippen molar-refractivity contribution in [2.45, 2.75) is 13.8 Å². The number of methoxy groups -OCH3 is 1. The second-order valence-electron chi connectivity index (χ2n) is 2.90. The lowest BCUT2D eigenvalue weighted by molar-refractivity contribution is 0.301. The number of hydrogen-bond acceptors (Lipinski definition) is 3. The summed E-state index contributed by atoms with van der Waals surface area (Å²) >= 11 is 0. The molecule has 0 rings (SSSR count). The second kappa shape index (κ2) is 7.45. The maximum Gasteiger partial charge on any atom is 0.123 e. The number of nitrogens with two attached hydrogens (primary N) is 1. The molecule has 0 aliphatic carbocycles. The molecule has 0 unspecified atom stereocenters. The van der Waals surface area contributed by atoms with Gasteiger partial charge in [-0.1, -0.05) is 6.08 Å². The minimum Gasteiger partial charge on any atom is -0.496 e. The molecule has 4 nitrogen and oxygen atoms in total. The summed E-state index contributed by atoms with van der Waals surface area (Å²) in [5.41, 5.74) is 7.10. The highest BCUT2D eigenvalue weighted by Crippen LogP contribution is 2.20. The van der Waals surface area contributed by atoms with E-state index in [-0.39, 0.29) is 0 Å². The first kappa shape index (κ1) is 14.2. The van der Waals surface area contributed by atoms with Gasteiger partial charge >= 0.3 is 0 Å². The van der Waals surface area contributed by atoms with Crippen molar-refractivity contribution >= 4 is 12.6 Å². The normalized spacial score (nSPS) is 15.0. The van der Waals surface area contributed by atoms with E-state index in [2.05, 4.69) is 16.7 Å². The fourth-order valence-electron chi connectivity index (χ4n) is 1.21. The van der Waals surface area contributed by atoms with Crippen LogP contribution in [0, 0.1) is 0 Å². The van der Waals surface area contributed by atoms with Gasteiger partial charge in [-0.05, 0) is 26.6 Å². The third-order valence-corrected chi connectivity index (χ3v) is 2.03. The molecule has 0 amide bonds. The highest BCUT2D eigenvalue weighted by atomic mass is 16.5. The van der Waals surface area contributed by atoms with Crippen LogP contribution in [-0.4, -0.2) is 26.7 Å². The summed E-state index contributed by atoms with van der Waals surface area (Å²) in [5, 5.41) is 0. The molecule has 0 bridgehead atoms. The molecule has 0 saturated carbocycles. The van der Waals surface area contributed by atoms with Gasteiger partial charge in [-0.15, -0.1) is 0 Å². The Morgan fingerprint density at radius 3 is 2.25 bits per heavy atom. The van der Waals surface area contributed by atoms with Gasteiger partial charge in [0, 0.05) is 18.7 Å². The Morgan fingerprint density at radius 1 is 1.31 bits per heavy atom. The van der Waals surface area contributed by atoms with Crippen molar-refractivity contribution in [1.82, 2.24) is 0 Å². The van der Waals surface area contributed by atoms with Crippen LogP contribution in [0.5, 0.6) is 0 Å². The molecule has 0 aliphatic rings. The molecule has 0 fully saturated rings. The smallest absolute Gasteiger partial charge is 0.123 e. The van der Waals surface area contributed by atoms with E-state index in [0.717, 1.165) is 11.3 Å². The van der Waals surface area contributed by atoms with Crippen LogP contribution in [-0.2, 0) is 4.74 Å². The van der Waals surface area contributed by atoms with Gasteiger partial charge in [0.15, 0.2) is 0 Å². The zero-order valence-corrected chi connectivity index (χ0v) is 10.3. The summed E-state index contributed by atoms with van der Waals surface area (Å²) < 4.78 is 5.23. The minimum atomic E-state index is 0.397. The SMILES string of the molecule is C=NC(=C\C(N)=NC)/C(=C/C)C(=C\C)/OC. The number of aliphatic imine (C=N–C) groups is 2. The Balaban J connectivity index is 5.39. The van der Waals surface area contributed by atoms with Crippen LogP contribution < -0.4 is 5.73 Å². The van der Waals surface area contributed by atoms with Crippen molar-refractivity contribution in [3.05, 3.63) is 35.3 Å². The Labute approximate surface area is 96.9 Å². The van der Waals surface area contributed by atoms with Crippen LogP contribution in [0.1, 0.15) is 13.8 Å². The summed E-state index contributed by atoms with van der Waals surface area (Å²) in [6.07, 6.45) is 5.40. The van der Waals surface area contributed by atoms with E-state index in [4.69, 9.17) is 10.5 Å². The molecule has 0 radical (unpaired) electrons. The molecule has 0 atom stereocenters. The van der Waals surface area contributed by atoms with Crippen LogP contribution in [0.15, 0.2) is 45.2 Å². The van der Waals surface area contributed by atoms with Gasteiger partial charge < -0.3 is 10.5 Å². The van der Waals surface area contributed by atoms with Crippen LogP contribution in [0.2, 0.25) is 0 Å². The molecule has 0 spiro atoms. The van der Waals surface area contributed by atoms with E-state index in [0.29, 0.717) is 11.5 Å². The van der Waals surface area contributed by atoms with E-state index >= 15 is 0 Å². The van der Waals surface area contributed by atoms with Crippen molar-refractivity contribution in [1.29, 1.82) is 0 Å². The Bertz CT molecular complexity index is 362. The number of allylic oxidation sites excluding steroid dienone is 2. The molecule has 0 aliphatic heterocycles. The standard InChI is InChI=1S/C12H19N3O/c1-6-9(11(7-2)16-5)10(14-3)8-12(13)15-4/h6-8H,3H2,1-2,4-5H3,(H2,13,15)/b9-6-,10-8-,11-7+. The van der Waals surface area contributed by atoms with Crippen LogP contribution in [0.25, 0.3) is 0 Å². The molecule has 16 heavy (non-hydrogen) atoms. The van der Waals surface area contributed by atoms with Crippen LogP contribution in [0.4, 0.5) is 0 Å². The first-order valence-electron chi connectivity index (χ1n) is 4.92. The van der Waals surface area contributed by atoms with Crippen molar-refractivity contribution in [2.75, 3.05) is 14.2 Å². The molecule has 0 aromatic rings. The van der Waals surface area contributed by atoms with E-state index in [9.17, 15) is 0 Å².